The summed E-state index contributed by atoms with van der Waals surface area (Å²) in [6.45, 7) is 3.53. The first-order chi connectivity index (χ1) is 15.0. The SMILES string of the molecule is O=C(O)C=CC(=O)O.c1ccc2c(C3=C(COCC4CC4)SC4=NCCN43)csc2c1. The Morgan fingerprint density at radius 2 is 1.94 bits per heavy atom. The van der Waals surface area contributed by atoms with Crippen molar-refractivity contribution < 1.29 is 24.5 Å². The van der Waals surface area contributed by atoms with Gasteiger partial charge in [0.2, 0.25) is 0 Å². The van der Waals surface area contributed by atoms with E-state index in [2.05, 4.69) is 39.5 Å². The summed E-state index contributed by atoms with van der Waals surface area (Å²) in [5.74, 6) is -1.70. The summed E-state index contributed by atoms with van der Waals surface area (Å²) in [5, 5.41) is 20.4. The van der Waals surface area contributed by atoms with Gasteiger partial charge in [0.15, 0.2) is 5.17 Å². The molecule has 1 aliphatic carbocycles. The molecule has 2 aromatic rings. The summed E-state index contributed by atoms with van der Waals surface area (Å²) in [4.78, 5) is 27.5. The molecule has 1 fully saturated rings. The maximum atomic E-state index is 9.55. The molecule has 9 heteroatoms. The number of ether oxygens (including phenoxy) is 1. The van der Waals surface area contributed by atoms with Crippen LogP contribution < -0.4 is 0 Å². The van der Waals surface area contributed by atoms with Gasteiger partial charge in [0.1, 0.15) is 0 Å². The van der Waals surface area contributed by atoms with E-state index in [0.29, 0.717) is 12.2 Å². The Labute approximate surface area is 187 Å². The number of hydrogen-bond acceptors (Lipinski definition) is 7. The van der Waals surface area contributed by atoms with Crippen LogP contribution in [0.15, 0.2) is 51.7 Å². The number of nitrogens with zero attached hydrogens (tertiary/aromatic N) is 2. The summed E-state index contributed by atoms with van der Waals surface area (Å²) in [6.07, 6.45) is 3.80. The topological polar surface area (TPSA) is 99.4 Å². The van der Waals surface area contributed by atoms with Gasteiger partial charge >= 0.3 is 11.9 Å². The molecule has 5 rings (SSSR count). The number of aliphatic imine (C=N–C) groups is 1. The summed E-state index contributed by atoms with van der Waals surface area (Å²) >= 11 is 3.63. The van der Waals surface area contributed by atoms with Crippen LogP contribution in [0, 0.1) is 5.92 Å². The van der Waals surface area contributed by atoms with Crippen molar-refractivity contribution in [3.05, 3.63) is 52.3 Å². The highest BCUT2D eigenvalue weighted by Gasteiger charge is 2.34. The van der Waals surface area contributed by atoms with Crippen molar-refractivity contribution in [2.24, 2.45) is 10.9 Å². The van der Waals surface area contributed by atoms with Crippen LogP contribution in [0.3, 0.4) is 0 Å². The zero-order valence-electron chi connectivity index (χ0n) is 16.7. The normalized spacial score (nSPS) is 17.7. The van der Waals surface area contributed by atoms with E-state index in [1.807, 2.05) is 11.3 Å². The van der Waals surface area contributed by atoms with Crippen LogP contribution in [-0.2, 0) is 14.3 Å². The third-order valence-corrected chi connectivity index (χ3v) is 6.99. The smallest absolute Gasteiger partial charge is 0.328 e. The standard InChI is InChI=1S/C18H18N2OS2.C4H4O4/c1-2-4-15-13(3-1)14(11-22-15)17-16(10-21-9-12-5-6-12)23-18-19-7-8-20(17)18;5-3(6)1-2-4(7)8/h1-4,11-12H,5-10H2;1-2H,(H,5,6)(H,7,8). The lowest BCUT2D eigenvalue weighted by Gasteiger charge is -2.17. The second-order valence-electron chi connectivity index (χ2n) is 7.30. The van der Waals surface area contributed by atoms with Crippen LogP contribution in [0.5, 0.6) is 0 Å². The van der Waals surface area contributed by atoms with Gasteiger partial charge in [0.25, 0.3) is 0 Å². The predicted molar refractivity (Wildman–Crippen MR) is 123 cm³/mol. The van der Waals surface area contributed by atoms with Crippen molar-refractivity contribution in [2.45, 2.75) is 12.8 Å². The second kappa shape index (κ2) is 9.67. The van der Waals surface area contributed by atoms with Crippen molar-refractivity contribution in [3.8, 4) is 0 Å². The number of hydrogen-bond donors (Lipinski definition) is 2. The van der Waals surface area contributed by atoms with E-state index in [0.717, 1.165) is 37.4 Å². The molecule has 0 saturated heterocycles. The fraction of sp³-hybridized carbons (Fsp3) is 0.318. The monoisotopic (exact) mass is 458 g/mol. The Bertz CT molecular complexity index is 1070. The molecule has 0 amide bonds. The first kappa shape index (κ1) is 21.6. The van der Waals surface area contributed by atoms with E-state index in [-0.39, 0.29) is 0 Å². The minimum absolute atomic E-state index is 0.558. The van der Waals surface area contributed by atoms with Crippen LogP contribution in [-0.4, -0.2) is 58.5 Å². The molecule has 2 N–H and O–H groups in total. The second-order valence-corrected chi connectivity index (χ2v) is 9.28. The van der Waals surface area contributed by atoms with E-state index in [4.69, 9.17) is 14.9 Å². The number of carbonyl (C=O) groups is 2. The van der Waals surface area contributed by atoms with Crippen LogP contribution in [0.2, 0.25) is 0 Å². The highest BCUT2D eigenvalue weighted by Crippen LogP contribution is 2.45. The molecule has 162 valence electrons. The van der Waals surface area contributed by atoms with Crippen molar-refractivity contribution in [2.75, 3.05) is 26.3 Å². The number of fused-ring (bicyclic) bond motifs is 2. The zero-order valence-corrected chi connectivity index (χ0v) is 18.3. The van der Waals surface area contributed by atoms with Gasteiger partial charge in [-0.05, 0) is 24.8 Å². The Balaban J connectivity index is 0.000000250. The molecule has 31 heavy (non-hydrogen) atoms. The fourth-order valence-corrected chi connectivity index (χ4v) is 5.40. The number of thiophene rings is 1. The van der Waals surface area contributed by atoms with Gasteiger partial charge in [-0.25, -0.2) is 9.59 Å². The first-order valence-corrected chi connectivity index (χ1v) is 11.6. The summed E-state index contributed by atoms with van der Waals surface area (Å²) in [6, 6.07) is 8.67. The molecule has 1 aromatic heterocycles. The summed E-state index contributed by atoms with van der Waals surface area (Å²) in [5.41, 5.74) is 2.68. The molecule has 3 aliphatic rings. The maximum absolute atomic E-state index is 9.55. The molecule has 2 aliphatic heterocycles. The lowest BCUT2D eigenvalue weighted by atomic mass is 10.1. The highest BCUT2D eigenvalue weighted by atomic mass is 32.2. The highest BCUT2D eigenvalue weighted by molar-refractivity contribution is 8.17. The van der Waals surface area contributed by atoms with E-state index in [1.54, 1.807) is 11.8 Å². The van der Waals surface area contributed by atoms with Crippen LogP contribution in [0.25, 0.3) is 15.8 Å². The number of benzene rings is 1. The van der Waals surface area contributed by atoms with Crippen molar-refractivity contribution in [1.82, 2.24) is 4.90 Å². The number of amidine groups is 1. The van der Waals surface area contributed by atoms with Gasteiger partial charge < -0.3 is 19.8 Å². The molecule has 1 saturated carbocycles. The Kier molecular flexibility index (Phi) is 6.74. The Morgan fingerprint density at radius 1 is 1.19 bits per heavy atom. The first-order valence-electron chi connectivity index (χ1n) is 9.94. The third kappa shape index (κ3) is 5.36. The van der Waals surface area contributed by atoms with E-state index < -0.39 is 11.9 Å². The molecule has 7 nitrogen and oxygen atoms in total. The molecule has 3 heterocycles. The number of aliphatic carboxylic acids is 2. The van der Waals surface area contributed by atoms with Crippen LogP contribution in [0.4, 0.5) is 0 Å². The molecule has 0 spiro atoms. The van der Waals surface area contributed by atoms with Gasteiger partial charge in [-0.3, -0.25) is 4.99 Å². The average molecular weight is 459 g/mol. The molecular formula is C22H22N2O5S2. The lowest BCUT2D eigenvalue weighted by Crippen LogP contribution is -2.20. The Hall–Kier alpha value is -2.62. The van der Waals surface area contributed by atoms with Gasteiger partial charge in [0, 0.05) is 51.2 Å². The predicted octanol–water partition coefficient (Wildman–Crippen LogP) is 4.13. The Morgan fingerprint density at radius 3 is 2.65 bits per heavy atom. The minimum Gasteiger partial charge on any atom is -0.478 e. The van der Waals surface area contributed by atoms with Gasteiger partial charge in [-0.1, -0.05) is 30.0 Å². The molecule has 0 radical (unpaired) electrons. The largest absolute Gasteiger partial charge is 0.478 e. The number of rotatable bonds is 7. The van der Waals surface area contributed by atoms with Crippen molar-refractivity contribution >= 4 is 56.0 Å². The molecule has 1 aromatic carbocycles. The van der Waals surface area contributed by atoms with Crippen LogP contribution >= 0.6 is 23.1 Å². The van der Waals surface area contributed by atoms with E-state index >= 15 is 0 Å². The number of thioether (sulfide) groups is 1. The molecule has 0 atom stereocenters. The molecule has 0 bridgehead atoms. The van der Waals surface area contributed by atoms with Crippen LogP contribution in [0.1, 0.15) is 18.4 Å². The average Bonchev–Trinajstić information content (AvgIpc) is 3.15. The summed E-state index contributed by atoms with van der Waals surface area (Å²) < 4.78 is 7.34. The van der Waals surface area contributed by atoms with Crippen molar-refractivity contribution in [1.29, 1.82) is 0 Å². The molecular weight excluding hydrogens is 436 g/mol. The maximum Gasteiger partial charge on any atom is 0.328 e. The quantitative estimate of drug-likeness (QED) is 0.602. The van der Waals surface area contributed by atoms with Gasteiger partial charge in [-0.15, -0.1) is 11.3 Å². The van der Waals surface area contributed by atoms with Crippen molar-refractivity contribution in [3.63, 3.8) is 0 Å². The summed E-state index contributed by atoms with van der Waals surface area (Å²) in [7, 11) is 0. The number of carboxylic acids is 2. The minimum atomic E-state index is -1.26. The number of carboxylic acid groups (broad SMARTS) is 2. The van der Waals surface area contributed by atoms with E-state index in [9.17, 15) is 9.59 Å². The van der Waals surface area contributed by atoms with Gasteiger partial charge in [0.05, 0.1) is 18.8 Å². The zero-order chi connectivity index (χ0) is 21.8. The lowest BCUT2D eigenvalue weighted by molar-refractivity contribution is -0.134. The van der Waals surface area contributed by atoms with E-state index in [1.165, 1.54) is 39.1 Å². The molecule has 0 unspecified atom stereocenters. The fourth-order valence-electron chi connectivity index (χ4n) is 3.33. The third-order valence-electron chi connectivity index (χ3n) is 4.94. The van der Waals surface area contributed by atoms with Gasteiger partial charge in [-0.2, -0.15) is 0 Å².